The molecule has 1 aromatic carbocycles. The van der Waals surface area contributed by atoms with Crippen LogP contribution in [-0.2, 0) is 0 Å². The van der Waals surface area contributed by atoms with E-state index >= 15 is 0 Å². The van der Waals surface area contributed by atoms with Crippen molar-refractivity contribution in [2.24, 2.45) is 16.9 Å². The first-order chi connectivity index (χ1) is 8.74. The van der Waals surface area contributed by atoms with Crippen molar-refractivity contribution in [3.63, 3.8) is 0 Å². The predicted molar refractivity (Wildman–Crippen MR) is 69.5 cm³/mol. The van der Waals surface area contributed by atoms with E-state index in [0.717, 1.165) is 18.5 Å². The lowest BCUT2D eigenvalue weighted by Crippen LogP contribution is -2.33. The molecule has 0 aromatic heterocycles. The minimum absolute atomic E-state index is 0.0944. The van der Waals surface area contributed by atoms with Crippen molar-refractivity contribution in [1.29, 1.82) is 0 Å². The zero-order valence-corrected chi connectivity index (χ0v) is 9.74. The first-order valence-corrected chi connectivity index (χ1v) is 5.97. The Hall–Kier alpha value is -2.17. The molecule has 3 rings (SSSR count). The van der Waals surface area contributed by atoms with Crippen LogP contribution in [0.5, 0.6) is 0 Å². The van der Waals surface area contributed by atoms with E-state index in [1.54, 1.807) is 12.1 Å². The molecule has 1 saturated carbocycles. The minimum Gasteiger partial charge on any atom is -0.279 e. The number of hydrazone groups is 1. The van der Waals surface area contributed by atoms with Gasteiger partial charge in [-0.25, -0.2) is 0 Å². The monoisotopic (exact) mass is 243 g/mol. The maximum absolute atomic E-state index is 10.5. The van der Waals surface area contributed by atoms with E-state index in [-0.39, 0.29) is 5.69 Å². The molecule has 0 spiro atoms. The Morgan fingerprint density at radius 1 is 1.33 bits per heavy atom. The summed E-state index contributed by atoms with van der Waals surface area (Å²) in [5.41, 5.74) is 5.03. The summed E-state index contributed by atoms with van der Waals surface area (Å²) in [5.74, 6) is 1.26. The Labute approximate surface area is 104 Å². The smallest absolute Gasteiger partial charge is 0.269 e. The number of non-ortho nitro benzene ring substituents is 1. The van der Waals surface area contributed by atoms with E-state index in [9.17, 15) is 10.1 Å². The highest BCUT2D eigenvalue weighted by Gasteiger charge is 2.37. The van der Waals surface area contributed by atoms with Crippen LogP contribution in [0.15, 0.2) is 41.5 Å². The molecule has 18 heavy (non-hydrogen) atoms. The molecule has 2 atom stereocenters. The number of nitrogens with one attached hydrogen (secondary N) is 1. The highest BCUT2D eigenvalue weighted by atomic mass is 16.6. The van der Waals surface area contributed by atoms with Gasteiger partial charge < -0.3 is 0 Å². The quantitative estimate of drug-likeness (QED) is 0.504. The van der Waals surface area contributed by atoms with Crippen molar-refractivity contribution < 1.29 is 4.92 Å². The minimum atomic E-state index is -0.406. The largest absolute Gasteiger partial charge is 0.279 e. The van der Waals surface area contributed by atoms with Crippen molar-refractivity contribution >= 4 is 17.1 Å². The molecule has 0 aliphatic heterocycles. The summed E-state index contributed by atoms with van der Waals surface area (Å²) in [4.78, 5) is 10.1. The Balaban J connectivity index is 1.63. The molecule has 2 aliphatic rings. The van der Waals surface area contributed by atoms with Gasteiger partial charge in [-0.2, -0.15) is 5.10 Å². The van der Waals surface area contributed by atoms with Crippen molar-refractivity contribution in [2.75, 3.05) is 5.43 Å². The summed E-state index contributed by atoms with van der Waals surface area (Å²) in [6.07, 6.45) is 6.59. The van der Waals surface area contributed by atoms with Crippen molar-refractivity contribution in [2.45, 2.75) is 12.8 Å². The van der Waals surface area contributed by atoms with Gasteiger partial charge in [0.2, 0.25) is 0 Å². The third kappa shape index (κ3) is 1.88. The molecule has 92 valence electrons. The maximum Gasteiger partial charge on any atom is 0.269 e. The van der Waals surface area contributed by atoms with Crippen LogP contribution < -0.4 is 5.43 Å². The summed E-state index contributed by atoms with van der Waals surface area (Å²) < 4.78 is 0. The molecule has 0 radical (unpaired) electrons. The van der Waals surface area contributed by atoms with Crippen LogP contribution >= 0.6 is 0 Å². The molecule has 1 aromatic rings. The SMILES string of the molecule is O=[N+]([O-])c1ccc(N/N=C2/CC3C=CCC23)cc1. The third-order valence-electron chi connectivity index (χ3n) is 3.57. The average Bonchev–Trinajstić information content (AvgIpc) is 2.72. The number of rotatable bonds is 3. The number of allylic oxidation sites excluding steroid dienone is 2. The van der Waals surface area contributed by atoms with Crippen LogP contribution in [0, 0.1) is 22.0 Å². The highest BCUT2D eigenvalue weighted by molar-refractivity contribution is 5.94. The summed E-state index contributed by atoms with van der Waals surface area (Å²) >= 11 is 0. The first-order valence-electron chi connectivity index (χ1n) is 5.97. The van der Waals surface area contributed by atoms with Crippen LogP contribution in [-0.4, -0.2) is 10.6 Å². The fourth-order valence-electron chi connectivity index (χ4n) is 2.46. The van der Waals surface area contributed by atoms with E-state index in [4.69, 9.17) is 0 Å². The number of nitrogens with zero attached hydrogens (tertiary/aromatic N) is 2. The molecule has 5 heteroatoms. The van der Waals surface area contributed by atoms with Gasteiger partial charge in [0, 0.05) is 23.8 Å². The molecule has 5 nitrogen and oxygen atoms in total. The van der Waals surface area contributed by atoms with Crippen molar-refractivity contribution in [3.05, 3.63) is 46.5 Å². The molecule has 0 amide bonds. The second-order valence-corrected chi connectivity index (χ2v) is 4.66. The van der Waals surface area contributed by atoms with Gasteiger partial charge in [0.15, 0.2) is 0 Å². The Morgan fingerprint density at radius 2 is 2.11 bits per heavy atom. The Morgan fingerprint density at radius 3 is 2.78 bits per heavy atom. The van der Waals surface area contributed by atoms with Gasteiger partial charge in [-0.15, -0.1) is 0 Å². The number of hydrogen-bond acceptors (Lipinski definition) is 4. The molecular formula is C13H13N3O2. The number of fused-ring (bicyclic) bond motifs is 1. The Bertz CT molecular complexity index is 534. The van der Waals surface area contributed by atoms with Crippen LogP contribution in [0.1, 0.15) is 12.8 Å². The van der Waals surface area contributed by atoms with Crippen LogP contribution in [0.2, 0.25) is 0 Å². The molecule has 0 saturated heterocycles. The fraction of sp³-hybridized carbons (Fsp3) is 0.308. The number of anilines is 1. The van der Waals surface area contributed by atoms with Gasteiger partial charge in [0.25, 0.3) is 5.69 Å². The molecule has 2 aliphatic carbocycles. The number of nitro groups is 1. The van der Waals surface area contributed by atoms with Crippen molar-refractivity contribution in [1.82, 2.24) is 0 Å². The van der Waals surface area contributed by atoms with E-state index in [1.165, 1.54) is 17.8 Å². The average molecular weight is 243 g/mol. The fourth-order valence-corrected chi connectivity index (χ4v) is 2.46. The molecule has 1 N–H and O–H groups in total. The van der Waals surface area contributed by atoms with E-state index in [2.05, 4.69) is 22.7 Å². The standard InChI is InChI=1S/C13H13N3O2/c17-16(18)11-6-4-10(5-7-11)14-15-13-8-9-2-1-3-12(9)13/h1-2,4-7,9,12,14H,3,8H2/b15-13-. The van der Waals surface area contributed by atoms with Gasteiger partial charge in [-0.05, 0) is 30.9 Å². The lowest BCUT2D eigenvalue weighted by atomic mass is 9.74. The Kier molecular flexibility index (Phi) is 2.59. The lowest BCUT2D eigenvalue weighted by molar-refractivity contribution is -0.384. The van der Waals surface area contributed by atoms with Crippen LogP contribution in [0.4, 0.5) is 11.4 Å². The zero-order chi connectivity index (χ0) is 12.5. The van der Waals surface area contributed by atoms with E-state index in [0.29, 0.717) is 11.8 Å². The summed E-state index contributed by atoms with van der Waals surface area (Å²) in [7, 11) is 0. The zero-order valence-electron chi connectivity index (χ0n) is 9.74. The maximum atomic E-state index is 10.5. The van der Waals surface area contributed by atoms with E-state index < -0.39 is 4.92 Å². The third-order valence-corrected chi connectivity index (χ3v) is 3.57. The number of hydrogen-bond donors (Lipinski definition) is 1. The van der Waals surface area contributed by atoms with E-state index in [1.807, 2.05) is 0 Å². The van der Waals surface area contributed by atoms with Crippen LogP contribution in [0.25, 0.3) is 0 Å². The molecule has 0 bridgehead atoms. The summed E-state index contributed by atoms with van der Waals surface area (Å²) in [6.45, 7) is 0. The van der Waals surface area contributed by atoms with Gasteiger partial charge in [-0.3, -0.25) is 15.5 Å². The first kappa shape index (κ1) is 11.0. The molecule has 1 fully saturated rings. The van der Waals surface area contributed by atoms with Gasteiger partial charge in [0.1, 0.15) is 0 Å². The van der Waals surface area contributed by atoms with Crippen LogP contribution in [0.3, 0.4) is 0 Å². The number of benzene rings is 1. The van der Waals surface area contributed by atoms with Gasteiger partial charge in [0.05, 0.1) is 10.6 Å². The normalized spacial score (nSPS) is 26.8. The second-order valence-electron chi connectivity index (χ2n) is 4.66. The highest BCUT2D eigenvalue weighted by Crippen LogP contribution is 2.40. The molecule has 2 unspecified atom stereocenters. The predicted octanol–water partition coefficient (Wildman–Crippen LogP) is 2.96. The molecular weight excluding hydrogens is 230 g/mol. The van der Waals surface area contributed by atoms with Gasteiger partial charge >= 0.3 is 0 Å². The molecule has 0 heterocycles. The summed E-state index contributed by atoms with van der Waals surface area (Å²) in [6, 6.07) is 6.29. The second kappa shape index (κ2) is 4.25. The van der Waals surface area contributed by atoms with Crippen molar-refractivity contribution in [3.8, 4) is 0 Å². The van der Waals surface area contributed by atoms with Gasteiger partial charge in [-0.1, -0.05) is 12.2 Å². The lowest BCUT2D eigenvalue weighted by Gasteiger charge is -2.31. The number of nitro benzene ring substituents is 1. The summed E-state index contributed by atoms with van der Waals surface area (Å²) in [5, 5.41) is 14.9. The topological polar surface area (TPSA) is 67.5 Å².